The fraction of sp³-hybridized carbons (Fsp3) is 0.0909. The van der Waals surface area contributed by atoms with Gasteiger partial charge in [0.05, 0.1) is 11.1 Å². The average Bonchev–Trinajstić information content (AvgIpc) is 2.74. The predicted molar refractivity (Wildman–Crippen MR) is 111 cm³/mol. The zero-order valence-electron chi connectivity index (χ0n) is 15.3. The number of aldehydes is 1. The maximum Gasteiger partial charge on any atom is 0.153 e. The second-order valence-electron chi connectivity index (χ2n) is 6.55. The number of aromatic nitrogens is 3. The van der Waals surface area contributed by atoms with E-state index in [2.05, 4.69) is 39.3 Å². The molecule has 2 aromatic carbocycles. The summed E-state index contributed by atoms with van der Waals surface area (Å²) in [6.45, 7) is 2.09. The molecule has 2 heterocycles. The van der Waals surface area contributed by atoms with Crippen molar-refractivity contribution < 1.29 is 4.79 Å². The Morgan fingerprint density at radius 3 is 2.61 bits per heavy atom. The lowest BCUT2D eigenvalue weighted by molar-refractivity contribution is 0.112. The molecule has 0 aliphatic rings. The van der Waals surface area contributed by atoms with E-state index in [1.54, 1.807) is 18.6 Å². The minimum Gasteiger partial charge on any atom is -0.383 e. The first-order valence-electron chi connectivity index (χ1n) is 8.93. The maximum atomic E-state index is 11.2. The molecule has 28 heavy (non-hydrogen) atoms. The molecule has 0 aliphatic heterocycles. The third kappa shape index (κ3) is 3.40. The number of nitrogens with two attached hydrogens (primary N) is 1. The Balaban J connectivity index is 1.75. The van der Waals surface area contributed by atoms with Crippen LogP contribution in [0.25, 0.3) is 22.0 Å². The predicted octanol–water partition coefficient (Wildman–Crippen LogP) is 4.26. The third-order valence-corrected chi connectivity index (χ3v) is 4.70. The summed E-state index contributed by atoms with van der Waals surface area (Å²) in [5.41, 5.74) is 9.83. The monoisotopic (exact) mass is 369 g/mol. The van der Waals surface area contributed by atoms with Gasteiger partial charge in [0, 0.05) is 23.2 Å². The van der Waals surface area contributed by atoms with E-state index >= 15 is 0 Å². The molecule has 4 aromatic rings. The van der Waals surface area contributed by atoms with Crippen LogP contribution >= 0.6 is 0 Å². The molecule has 2 aromatic heterocycles. The first-order valence-corrected chi connectivity index (χ1v) is 8.93. The molecule has 1 atom stereocenters. The van der Waals surface area contributed by atoms with E-state index in [1.165, 1.54) is 5.56 Å². The first kappa shape index (κ1) is 17.6. The minimum atomic E-state index is 0.0859. The van der Waals surface area contributed by atoms with Crippen LogP contribution in [0.2, 0.25) is 0 Å². The molecule has 0 spiro atoms. The molecule has 4 rings (SSSR count). The van der Waals surface area contributed by atoms with Gasteiger partial charge in [-0.1, -0.05) is 36.4 Å². The van der Waals surface area contributed by atoms with Crippen molar-refractivity contribution in [2.24, 2.45) is 0 Å². The van der Waals surface area contributed by atoms with Crippen molar-refractivity contribution in [1.29, 1.82) is 0 Å². The van der Waals surface area contributed by atoms with Crippen LogP contribution in [-0.2, 0) is 0 Å². The van der Waals surface area contributed by atoms with E-state index in [-0.39, 0.29) is 11.9 Å². The largest absolute Gasteiger partial charge is 0.383 e. The topological polar surface area (TPSA) is 93.8 Å². The maximum absolute atomic E-state index is 11.2. The molecule has 0 amide bonds. The summed E-state index contributed by atoms with van der Waals surface area (Å²) in [4.78, 5) is 24.1. The zero-order chi connectivity index (χ0) is 19.5. The number of fused-ring (bicyclic) bond motifs is 1. The molecule has 1 unspecified atom stereocenters. The van der Waals surface area contributed by atoms with Crippen molar-refractivity contribution in [1.82, 2.24) is 15.0 Å². The van der Waals surface area contributed by atoms with Crippen molar-refractivity contribution >= 4 is 28.8 Å². The highest BCUT2D eigenvalue weighted by Crippen LogP contribution is 2.29. The molecule has 138 valence electrons. The molecule has 0 saturated heterocycles. The van der Waals surface area contributed by atoms with E-state index in [1.807, 2.05) is 36.4 Å². The van der Waals surface area contributed by atoms with E-state index in [0.29, 0.717) is 11.8 Å². The number of benzene rings is 2. The average molecular weight is 369 g/mol. The standard InChI is InChI=1S/C22H19N5O/c1-14(15-5-3-2-4-6-15)27-22-19-10-16(7-8-20(19)25-13-26-22)17-9-18(12-28)21(23)24-11-17/h2-14H,1H3,(H2,23,24)(H,25,26,27). The van der Waals surface area contributed by atoms with Gasteiger partial charge in [-0.2, -0.15) is 0 Å². The van der Waals surface area contributed by atoms with Crippen molar-refractivity contribution in [2.75, 3.05) is 11.1 Å². The van der Waals surface area contributed by atoms with Gasteiger partial charge in [-0.3, -0.25) is 4.79 Å². The summed E-state index contributed by atoms with van der Waals surface area (Å²) in [6.07, 6.45) is 3.93. The van der Waals surface area contributed by atoms with Gasteiger partial charge in [0.1, 0.15) is 18.0 Å². The number of anilines is 2. The Morgan fingerprint density at radius 2 is 1.82 bits per heavy atom. The SMILES string of the molecule is CC(Nc1ncnc2ccc(-c3cnc(N)c(C=O)c3)cc12)c1ccccc1. The molecule has 0 radical (unpaired) electrons. The molecule has 6 nitrogen and oxygen atoms in total. The smallest absolute Gasteiger partial charge is 0.153 e. The summed E-state index contributed by atoms with van der Waals surface area (Å²) >= 11 is 0. The number of nitrogens with one attached hydrogen (secondary N) is 1. The zero-order valence-corrected chi connectivity index (χ0v) is 15.3. The van der Waals surface area contributed by atoms with Crippen molar-refractivity contribution in [2.45, 2.75) is 13.0 Å². The van der Waals surface area contributed by atoms with E-state index in [9.17, 15) is 4.79 Å². The van der Waals surface area contributed by atoms with Gasteiger partial charge in [-0.05, 0) is 36.2 Å². The Bertz CT molecular complexity index is 1140. The van der Waals surface area contributed by atoms with E-state index < -0.39 is 0 Å². The number of pyridine rings is 1. The Kier molecular flexibility index (Phi) is 4.68. The third-order valence-electron chi connectivity index (χ3n) is 4.70. The Morgan fingerprint density at radius 1 is 1.00 bits per heavy atom. The van der Waals surface area contributed by atoms with Crippen molar-refractivity contribution in [3.63, 3.8) is 0 Å². The Labute approximate surface area is 162 Å². The van der Waals surface area contributed by atoms with Crippen LogP contribution in [0.4, 0.5) is 11.6 Å². The Hall–Kier alpha value is -3.80. The number of nitrogen functional groups attached to an aromatic ring is 1. The van der Waals surface area contributed by atoms with Crippen LogP contribution < -0.4 is 11.1 Å². The molecular formula is C22H19N5O. The molecule has 0 saturated carbocycles. The number of carbonyl (C=O) groups excluding carboxylic acids is 1. The lowest BCUT2D eigenvalue weighted by Gasteiger charge is -2.16. The molecule has 6 heteroatoms. The lowest BCUT2D eigenvalue weighted by Crippen LogP contribution is -2.08. The summed E-state index contributed by atoms with van der Waals surface area (Å²) in [6, 6.07) is 17.9. The van der Waals surface area contributed by atoms with Crippen LogP contribution in [0.15, 0.2) is 67.1 Å². The van der Waals surface area contributed by atoms with Gasteiger partial charge >= 0.3 is 0 Å². The van der Waals surface area contributed by atoms with Crippen LogP contribution in [0, 0.1) is 0 Å². The lowest BCUT2D eigenvalue weighted by atomic mass is 10.0. The first-order chi connectivity index (χ1) is 13.7. The van der Waals surface area contributed by atoms with Crippen molar-refractivity contribution in [3.8, 4) is 11.1 Å². The second kappa shape index (κ2) is 7.44. The molecule has 0 bridgehead atoms. The molecule has 3 N–H and O–H groups in total. The fourth-order valence-electron chi connectivity index (χ4n) is 3.13. The molecular weight excluding hydrogens is 350 g/mol. The number of carbonyl (C=O) groups is 1. The summed E-state index contributed by atoms with van der Waals surface area (Å²) in [5, 5.41) is 4.36. The number of hydrogen-bond donors (Lipinski definition) is 2. The second-order valence-corrected chi connectivity index (χ2v) is 6.55. The van der Waals surface area contributed by atoms with Gasteiger partial charge in [0.15, 0.2) is 6.29 Å². The highest BCUT2D eigenvalue weighted by molar-refractivity contribution is 5.93. The quantitative estimate of drug-likeness (QED) is 0.511. The van der Waals surface area contributed by atoms with Gasteiger partial charge in [-0.25, -0.2) is 15.0 Å². The van der Waals surface area contributed by atoms with E-state index in [4.69, 9.17) is 5.73 Å². The van der Waals surface area contributed by atoms with E-state index in [0.717, 1.165) is 27.8 Å². The number of rotatable bonds is 5. The van der Waals surface area contributed by atoms with Crippen LogP contribution in [0.5, 0.6) is 0 Å². The highest BCUT2D eigenvalue weighted by Gasteiger charge is 2.11. The van der Waals surface area contributed by atoms with Gasteiger partial charge in [0.25, 0.3) is 0 Å². The van der Waals surface area contributed by atoms with Crippen LogP contribution in [0.1, 0.15) is 28.9 Å². The van der Waals surface area contributed by atoms with Crippen LogP contribution in [-0.4, -0.2) is 21.2 Å². The highest BCUT2D eigenvalue weighted by atomic mass is 16.1. The summed E-state index contributed by atoms with van der Waals surface area (Å²) < 4.78 is 0. The number of hydrogen-bond acceptors (Lipinski definition) is 6. The van der Waals surface area contributed by atoms with Gasteiger partial charge in [-0.15, -0.1) is 0 Å². The van der Waals surface area contributed by atoms with Gasteiger partial charge in [0.2, 0.25) is 0 Å². The van der Waals surface area contributed by atoms with Crippen molar-refractivity contribution in [3.05, 3.63) is 78.2 Å². The summed E-state index contributed by atoms with van der Waals surface area (Å²) in [7, 11) is 0. The van der Waals surface area contributed by atoms with Gasteiger partial charge < -0.3 is 11.1 Å². The summed E-state index contributed by atoms with van der Waals surface area (Å²) in [5.74, 6) is 0.976. The minimum absolute atomic E-state index is 0.0859. The fourth-order valence-corrected chi connectivity index (χ4v) is 3.13. The normalized spacial score (nSPS) is 11.9. The van der Waals surface area contributed by atoms with Crippen LogP contribution in [0.3, 0.4) is 0 Å². The molecule has 0 aliphatic carbocycles. The molecule has 0 fully saturated rings. The number of nitrogens with zero attached hydrogens (tertiary/aromatic N) is 3.